The lowest BCUT2D eigenvalue weighted by Gasteiger charge is -2.26. The first-order chi connectivity index (χ1) is 13.7. The van der Waals surface area contributed by atoms with Crippen molar-refractivity contribution in [3.05, 3.63) is 29.6 Å². The number of ether oxygens (including phenoxy) is 1. The molecule has 2 aromatic rings. The molecular weight excluding hydrogens is 394 g/mol. The number of amides is 2. The number of hydrogen-bond donors (Lipinski definition) is 5. The van der Waals surface area contributed by atoms with E-state index in [0.29, 0.717) is 12.6 Å². The zero-order valence-electron chi connectivity index (χ0n) is 16.2. The standard InChI is InChI=1S/C19H27N7O2.ClH/c27-19(21-13-2-3-13)24-16-10-20-25-17(16)18-22-14-4-1-12(9-15(14)23-18)11-26-5-7-28-8-6-26;/h1,4,9,13,16-17,20,25H,2-3,5-8,10-11H2,(H,22,23)(H2,21,24,27);1H. The van der Waals surface area contributed by atoms with Crippen LogP contribution in [0.4, 0.5) is 4.79 Å². The fourth-order valence-electron chi connectivity index (χ4n) is 3.85. The maximum atomic E-state index is 12.1. The van der Waals surface area contributed by atoms with Gasteiger partial charge in [0, 0.05) is 32.2 Å². The van der Waals surface area contributed by atoms with E-state index in [-0.39, 0.29) is 30.5 Å². The van der Waals surface area contributed by atoms with Crippen LogP contribution < -0.4 is 21.5 Å². The van der Waals surface area contributed by atoms with E-state index in [1.165, 1.54) is 5.56 Å². The summed E-state index contributed by atoms with van der Waals surface area (Å²) in [7, 11) is 0. The lowest BCUT2D eigenvalue weighted by Crippen LogP contribution is -2.46. The second-order valence-electron chi connectivity index (χ2n) is 7.86. The monoisotopic (exact) mass is 421 g/mol. The number of imidazole rings is 1. The molecular formula is C19H28ClN7O2. The second-order valence-corrected chi connectivity index (χ2v) is 7.86. The molecule has 1 saturated carbocycles. The average molecular weight is 422 g/mol. The number of hydrazine groups is 1. The summed E-state index contributed by atoms with van der Waals surface area (Å²) in [5.74, 6) is 0.834. The number of H-pyrrole nitrogens is 1. The van der Waals surface area contributed by atoms with E-state index < -0.39 is 0 Å². The van der Waals surface area contributed by atoms with Crippen molar-refractivity contribution in [2.45, 2.75) is 37.5 Å². The van der Waals surface area contributed by atoms with E-state index in [1.807, 2.05) is 0 Å². The van der Waals surface area contributed by atoms with Crippen molar-refractivity contribution < 1.29 is 9.53 Å². The molecule has 1 aromatic carbocycles. The van der Waals surface area contributed by atoms with Gasteiger partial charge in [-0.2, -0.15) is 0 Å². The van der Waals surface area contributed by atoms with Gasteiger partial charge in [-0.3, -0.25) is 10.3 Å². The highest BCUT2D eigenvalue weighted by molar-refractivity contribution is 5.85. The van der Waals surface area contributed by atoms with Crippen LogP contribution in [0.2, 0.25) is 0 Å². The van der Waals surface area contributed by atoms with Gasteiger partial charge >= 0.3 is 6.03 Å². The molecule has 1 aliphatic carbocycles. The van der Waals surface area contributed by atoms with Gasteiger partial charge in [0.15, 0.2) is 0 Å². The van der Waals surface area contributed by atoms with Crippen molar-refractivity contribution in [1.82, 2.24) is 36.4 Å². The smallest absolute Gasteiger partial charge is 0.315 e. The van der Waals surface area contributed by atoms with Crippen LogP contribution in [0, 0.1) is 0 Å². The Labute approximate surface area is 175 Å². The van der Waals surface area contributed by atoms with Gasteiger partial charge in [0.1, 0.15) is 11.9 Å². The summed E-state index contributed by atoms with van der Waals surface area (Å²) in [5.41, 5.74) is 9.59. The van der Waals surface area contributed by atoms with Crippen molar-refractivity contribution in [3.63, 3.8) is 0 Å². The van der Waals surface area contributed by atoms with Crippen LogP contribution in [0.25, 0.3) is 11.0 Å². The lowest BCUT2D eigenvalue weighted by atomic mass is 10.1. The van der Waals surface area contributed by atoms with E-state index in [9.17, 15) is 4.79 Å². The SMILES string of the molecule is Cl.O=C(NC1CC1)NC1CNNC1c1nc2ccc(CN3CCOCC3)cc2[nH]1. The number of urea groups is 1. The summed E-state index contributed by atoms with van der Waals surface area (Å²) >= 11 is 0. The van der Waals surface area contributed by atoms with E-state index >= 15 is 0 Å². The molecule has 0 bridgehead atoms. The summed E-state index contributed by atoms with van der Waals surface area (Å²) in [6, 6.07) is 6.46. The van der Waals surface area contributed by atoms with Crippen molar-refractivity contribution in [3.8, 4) is 0 Å². The van der Waals surface area contributed by atoms with Crippen LogP contribution in [-0.4, -0.2) is 65.8 Å². The summed E-state index contributed by atoms with van der Waals surface area (Å²) in [6.45, 7) is 5.13. The fraction of sp³-hybridized carbons (Fsp3) is 0.579. The largest absolute Gasteiger partial charge is 0.379 e. The molecule has 2 saturated heterocycles. The van der Waals surface area contributed by atoms with E-state index in [0.717, 1.165) is 62.5 Å². The van der Waals surface area contributed by atoms with Crippen LogP contribution in [-0.2, 0) is 11.3 Å². The number of morpholine rings is 1. The van der Waals surface area contributed by atoms with Crippen LogP contribution >= 0.6 is 12.4 Å². The predicted molar refractivity (Wildman–Crippen MR) is 112 cm³/mol. The number of halogens is 1. The molecule has 3 heterocycles. The Bertz CT molecular complexity index is 850. The Morgan fingerprint density at radius 1 is 1.24 bits per heavy atom. The van der Waals surface area contributed by atoms with E-state index in [1.54, 1.807) is 0 Å². The van der Waals surface area contributed by atoms with Crippen molar-refractivity contribution in [2.24, 2.45) is 0 Å². The predicted octanol–water partition coefficient (Wildman–Crippen LogP) is 0.796. The minimum Gasteiger partial charge on any atom is -0.379 e. The van der Waals surface area contributed by atoms with Gasteiger partial charge in [-0.05, 0) is 30.5 Å². The molecule has 1 aromatic heterocycles. The third-order valence-electron chi connectivity index (χ3n) is 5.58. The Morgan fingerprint density at radius 2 is 2.07 bits per heavy atom. The number of aromatic amines is 1. The Balaban J connectivity index is 0.00000205. The van der Waals surface area contributed by atoms with Crippen molar-refractivity contribution in [1.29, 1.82) is 0 Å². The van der Waals surface area contributed by atoms with Crippen LogP contribution in [0.3, 0.4) is 0 Å². The zero-order valence-corrected chi connectivity index (χ0v) is 17.1. The maximum absolute atomic E-state index is 12.1. The molecule has 10 heteroatoms. The lowest BCUT2D eigenvalue weighted by molar-refractivity contribution is 0.0342. The quantitative estimate of drug-likeness (QED) is 0.489. The van der Waals surface area contributed by atoms with Gasteiger partial charge in [0.25, 0.3) is 0 Å². The van der Waals surface area contributed by atoms with Crippen LogP contribution in [0.5, 0.6) is 0 Å². The van der Waals surface area contributed by atoms with Gasteiger partial charge in [0.05, 0.1) is 30.3 Å². The molecule has 29 heavy (non-hydrogen) atoms. The van der Waals surface area contributed by atoms with E-state index in [2.05, 4.69) is 49.6 Å². The number of nitrogens with one attached hydrogen (secondary N) is 5. The minimum absolute atomic E-state index is 0. The zero-order chi connectivity index (χ0) is 18.9. The fourth-order valence-corrected chi connectivity index (χ4v) is 3.85. The first-order valence-electron chi connectivity index (χ1n) is 10.1. The summed E-state index contributed by atoms with van der Waals surface area (Å²) in [5, 5.41) is 6.03. The van der Waals surface area contributed by atoms with Gasteiger partial charge in [-0.25, -0.2) is 15.2 Å². The number of nitrogens with zero attached hydrogens (tertiary/aromatic N) is 2. The number of benzene rings is 1. The molecule has 5 N–H and O–H groups in total. The topological polar surface area (TPSA) is 106 Å². The number of fused-ring (bicyclic) bond motifs is 1. The van der Waals surface area contributed by atoms with E-state index in [4.69, 9.17) is 9.72 Å². The molecule has 158 valence electrons. The van der Waals surface area contributed by atoms with Gasteiger partial charge in [0.2, 0.25) is 0 Å². The molecule has 3 aliphatic rings. The maximum Gasteiger partial charge on any atom is 0.315 e. The van der Waals surface area contributed by atoms with Gasteiger partial charge in [-0.1, -0.05) is 6.07 Å². The summed E-state index contributed by atoms with van der Waals surface area (Å²) < 4.78 is 5.42. The molecule has 2 atom stereocenters. The average Bonchev–Trinajstić information content (AvgIpc) is 3.22. The molecule has 3 fully saturated rings. The molecule has 2 aliphatic heterocycles. The Morgan fingerprint density at radius 3 is 2.86 bits per heavy atom. The molecule has 2 amide bonds. The highest BCUT2D eigenvalue weighted by atomic mass is 35.5. The van der Waals surface area contributed by atoms with Crippen LogP contribution in [0.1, 0.15) is 30.3 Å². The van der Waals surface area contributed by atoms with Gasteiger partial charge in [-0.15, -0.1) is 12.4 Å². The second kappa shape index (κ2) is 8.85. The Kier molecular flexibility index (Phi) is 6.21. The molecule has 5 rings (SSSR count). The molecule has 0 spiro atoms. The Hall–Kier alpha value is -1.91. The third kappa shape index (κ3) is 4.81. The number of hydrogen-bond acceptors (Lipinski definition) is 6. The highest BCUT2D eigenvalue weighted by Gasteiger charge is 2.33. The third-order valence-corrected chi connectivity index (χ3v) is 5.58. The summed E-state index contributed by atoms with van der Waals surface area (Å²) in [6.07, 6.45) is 2.16. The number of rotatable bonds is 5. The van der Waals surface area contributed by atoms with Gasteiger partial charge < -0.3 is 20.4 Å². The van der Waals surface area contributed by atoms with Crippen LogP contribution in [0.15, 0.2) is 18.2 Å². The number of carbonyl (C=O) groups excluding carboxylic acids is 1. The normalized spacial score (nSPS) is 25.0. The minimum atomic E-state index is -0.105. The van der Waals surface area contributed by atoms with Crippen molar-refractivity contribution in [2.75, 3.05) is 32.8 Å². The number of carbonyl (C=O) groups is 1. The molecule has 9 nitrogen and oxygen atoms in total. The first kappa shape index (κ1) is 20.4. The number of aromatic nitrogens is 2. The first-order valence-corrected chi connectivity index (χ1v) is 10.1. The summed E-state index contributed by atoms with van der Waals surface area (Å²) in [4.78, 5) is 22.7. The highest BCUT2D eigenvalue weighted by Crippen LogP contribution is 2.23. The molecule has 0 radical (unpaired) electrons. The molecule has 2 unspecified atom stereocenters. The van der Waals surface area contributed by atoms with Crippen molar-refractivity contribution >= 4 is 29.5 Å².